The van der Waals surface area contributed by atoms with Crippen molar-refractivity contribution in [2.75, 3.05) is 7.11 Å². The molecule has 0 atom stereocenters. The highest BCUT2D eigenvalue weighted by molar-refractivity contribution is 7.66. The van der Waals surface area contributed by atoms with Crippen molar-refractivity contribution in [3.05, 3.63) is 33.6 Å². The Morgan fingerprint density at radius 1 is 1.56 bits per heavy atom. The lowest BCUT2D eigenvalue weighted by atomic mass is 9.93. The molecule has 0 aliphatic carbocycles. The third-order valence-electron chi connectivity index (χ3n) is 2.08. The largest absolute Gasteiger partial charge is 0.465 e. The van der Waals surface area contributed by atoms with Gasteiger partial charge in [-0.05, 0) is 22.5 Å². The number of hydrogen-bond donors (Lipinski definition) is 0. The zero-order valence-corrected chi connectivity index (χ0v) is 11.6. The Bertz CT molecular complexity index is 653. The van der Waals surface area contributed by atoms with E-state index in [1.165, 1.54) is 28.0 Å². The molecule has 90 valence electrons. The third kappa shape index (κ3) is 2.80. The van der Waals surface area contributed by atoms with Gasteiger partial charge >= 0.3 is 5.97 Å². The maximum absolute atomic E-state index is 11.4. The van der Waals surface area contributed by atoms with Crippen LogP contribution in [0.15, 0.2) is 23.2 Å². The SMILES string of the molecule is [B]c1ccc(C(=O)OC)cc1N=c1ssnc1Cl. The molecule has 0 amide bonds. The molecule has 1 aromatic carbocycles. The van der Waals surface area contributed by atoms with E-state index in [1.807, 2.05) is 0 Å². The molecule has 0 saturated heterocycles. The molecule has 0 aliphatic heterocycles. The van der Waals surface area contributed by atoms with E-state index in [1.54, 1.807) is 18.2 Å². The summed E-state index contributed by atoms with van der Waals surface area (Å²) in [7, 11) is 9.69. The number of rotatable bonds is 2. The molecule has 0 N–H and O–H groups in total. The van der Waals surface area contributed by atoms with Gasteiger partial charge < -0.3 is 4.74 Å². The molecule has 0 fully saturated rings. The molecule has 0 aliphatic rings. The number of carbonyl (C=O) groups excluding carboxylic acids is 1. The summed E-state index contributed by atoms with van der Waals surface area (Å²) < 4.78 is 9.12. The second-order valence-electron chi connectivity index (χ2n) is 3.22. The minimum absolute atomic E-state index is 0.327. The average Bonchev–Trinajstić information content (AvgIpc) is 2.77. The van der Waals surface area contributed by atoms with Crippen molar-refractivity contribution < 1.29 is 9.53 Å². The van der Waals surface area contributed by atoms with E-state index in [4.69, 9.17) is 19.4 Å². The van der Waals surface area contributed by atoms with E-state index in [-0.39, 0.29) is 0 Å². The monoisotopic (exact) mass is 296 g/mol. The number of hydrogen-bond acceptors (Lipinski definition) is 6. The molecule has 0 bridgehead atoms. The summed E-state index contributed by atoms with van der Waals surface area (Å²) in [4.78, 5) is 15.7. The van der Waals surface area contributed by atoms with E-state index in [0.29, 0.717) is 26.5 Å². The Morgan fingerprint density at radius 3 is 2.94 bits per heavy atom. The van der Waals surface area contributed by atoms with Crippen LogP contribution in [0.3, 0.4) is 0 Å². The first-order chi connectivity index (χ1) is 8.61. The van der Waals surface area contributed by atoms with Gasteiger partial charge in [0, 0.05) is 10.5 Å². The van der Waals surface area contributed by atoms with Crippen molar-refractivity contribution >= 4 is 57.4 Å². The van der Waals surface area contributed by atoms with Crippen molar-refractivity contribution in [3.63, 3.8) is 0 Å². The Hall–Kier alpha value is -1.18. The molecule has 0 unspecified atom stereocenters. The van der Waals surface area contributed by atoms with Gasteiger partial charge in [-0.15, -0.1) is 0 Å². The van der Waals surface area contributed by atoms with Gasteiger partial charge in [0.2, 0.25) is 0 Å². The number of benzene rings is 1. The molecule has 0 saturated carbocycles. The second kappa shape index (κ2) is 5.64. The van der Waals surface area contributed by atoms with E-state index in [9.17, 15) is 4.79 Å². The first kappa shape index (κ1) is 13.3. The van der Waals surface area contributed by atoms with Gasteiger partial charge in [-0.2, -0.15) is 4.37 Å². The van der Waals surface area contributed by atoms with E-state index < -0.39 is 5.97 Å². The fourth-order valence-electron chi connectivity index (χ4n) is 1.22. The van der Waals surface area contributed by atoms with Gasteiger partial charge in [0.15, 0.2) is 9.82 Å². The van der Waals surface area contributed by atoms with Crippen molar-refractivity contribution in [3.8, 4) is 0 Å². The quantitative estimate of drug-likeness (QED) is 0.481. The highest BCUT2D eigenvalue weighted by Gasteiger charge is 2.07. The van der Waals surface area contributed by atoms with Crippen LogP contribution in [0.1, 0.15) is 10.4 Å². The lowest BCUT2D eigenvalue weighted by Crippen LogP contribution is -2.09. The van der Waals surface area contributed by atoms with E-state index in [2.05, 4.69) is 14.1 Å². The van der Waals surface area contributed by atoms with Crippen LogP contribution in [0.4, 0.5) is 5.69 Å². The second-order valence-corrected chi connectivity index (χ2v) is 5.41. The number of nitrogens with zero attached hydrogens (tertiary/aromatic N) is 2. The lowest BCUT2D eigenvalue weighted by molar-refractivity contribution is 0.0601. The zero-order chi connectivity index (χ0) is 13.1. The summed E-state index contributed by atoms with van der Waals surface area (Å²) in [6, 6.07) is 4.74. The normalized spacial score (nSPS) is 11.6. The third-order valence-corrected chi connectivity index (χ3v) is 4.25. The summed E-state index contributed by atoms with van der Waals surface area (Å²) in [5.74, 6) is -0.440. The molecule has 2 aromatic rings. The predicted octanol–water partition coefficient (Wildman–Crippen LogP) is 1.67. The summed E-state index contributed by atoms with van der Waals surface area (Å²) in [6.07, 6.45) is 0. The van der Waals surface area contributed by atoms with Gasteiger partial charge in [-0.1, -0.05) is 23.1 Å². The van der Waals surface area contributed by atoms with Gasteiger partial charge in [-0.3, -0.25) is 0 Å². The Labute approximate surface area is 117 Å². The maximum atomic E-state index is 11.4. The number of methoxy groups -OCH3 is 1. The standard InChI is InChI=1S/C10H6BClN2O2S2/c1-16-10(15)5-2-3-6(11)7(4-5)13-9-8(12)14-18-17-9/h2-4H,1H3. The van der Waals surface area contributed by atoms with Crippen molar-refractivity contribution in [2.24, 2.45) is 4.99 Å². The average molecular weight is 297 g/mol. The number of ether oxygens (including phenoxy) is 1. The van der Waals surface area contributed by atoms with Crippen LogP contribution in [0.2, 0.25) is 5.15 Å². The molecule has 8 heteroatoms. The Balaban J connectivity index is 2.51. The lowest BCUT2D eigenvalue weighted by Gasteiger charge is -2.03. The van der Waals surface area contributed by atoms with Gasteiger partial charge in [-0.25, -0.2) is 9.79 Å². The maximum Gasteiger partial charge on any atom is 0.337 e. The summed E-state index contributed by atoms with van der Waals surface area (Å²) >= 11 is 5.86. The summed E-state index contributed by atoms with van der Waals surface area (Å²) in [6.45, 7) is 0. The topological polar surface area (TPSA) is 51.5 Å². The van der Waals surface area contributed by atoms with Crippen molar-refractivity contribution in [1.29, 1.82) is 0 Å². The molecule has 18 heavy (non-hydrogen) atoms. The fraction of sp³-hybridized carbons (Fsp3) is 0.100. The van der Waals surface area contributed by atoms with Crippen molar-refractivity contribution in [1.82, 2.24) is 4.37 Å². The first-order valence-corrected chi connectivity index (χ1v) is 7.24. The molecule has 2 radical (unpaired) electrons. The highest BCUT2D eigenvalue weighted by atomic mass is 35.5. The van der Waals surface area contributed by atoms with Crippen LogP contribution in [-0.4, -0.2) is 25.3 Å². The molecule has 2 rings (SSSR count). The molecule has 4 nitrogen and oxygen atoms in total. The van der Waals surface area contributed by atoms with E-state index in [0.717, 1.165) is 0 Å². The van der Waals surface area contributed by atoms with Crippen molar-refractivity contribution in [2.45, 2.75) is 0 Å². The molecule has 1 heterocycles. The zero-order valence-electron chi connectivity index (χ0n) is 9.21. The fourth-order valence-corrected chi connectivity index (χ4v) is 3.20. The number of aromatic nitrogens is 1. The van der Waals surface area contributed by atoms with Gasteiger partial charge in [0.1, 0.15) is 7.85 Å². The highest BCUT2D eigenvalue weighted by Crippen LogP contribution is 2.14. The Kier molecular flexibility index (Phi) is 4.16. The molecular formula is C10H6BClN2O2S2. The smallest absolute Gasteiger partial charge is 0.337 e. The van der Waals surface area contributed by atoms with Gasteiger partial charge in [0.05, 0.1) is 18.4 Å². The summed E-state index contributed by atoms with van der Waals surface area (Å²) in [5, 5.41) is 0.327. The van der Waals surface area contributed by atoms with Crippen LogP contribution in [0, 0.1) is 0 Å². The van der Waals surface area contributed by atoms with Crippen LogP contribution < -0.4 is 10.1 Å². The Morgan fingerprint density at radius 2 is 2.33 bits per heavy atom. The number of halogens is 1. The van der Waals surface area contributed by atoms with E-state index >= 15 is 0 Å². The minimum Gasteiger partial charge on any atom is -0.465 e. The van der Waals surface area contributed by atoms with Gasteiger partial charge in [0.25, 0.3) is 0 Å². The van der Waals surface area contributed by atoms with Crippen LogP contribution in [0.25, 0.3) is 0 Å². The molecule has 1 aromatic heterocycles. The predicted molar refractivity (Wildman–Crippen MR) is 73.4 cm³/mol. The van der Waals surface area contributed by atoms with Crippen LogP contribution in [0.5, 0.6) is 0 Å². The molecule has 0 spiro atoms. The number of carbonyl (C=O) groups is 1. The molecular weight excluding hydrogens is 291 g/mol. The minimum atomic E-state index is -0.440. The summed E-state index contributed by atoms with van der Waals surface area (Å²) in [5.41, 5.74) is 1.31. The van der Waals surface area contributed by atoms with Crippen LogP contribution in [-0.2, 0) is 4.74 Å². The number of esters is 1. The first-order valence-electron chi connectivity index (χ1n) is 4.76. The van der Waals surface area contributed by atoms with Crippen LogP contribution >= 0.6 is 32.5 Å².